The normalized spacial score (nSPS) is 9.40. The molecule has 0 atom stereocenters. The van der Waals surface area contributed by atoms with Gasteiger partial charge in [-0.3, -0.25) is 5.10 Å². The van der Waals surface area contributed by atoms with E-state index in [1.807, 2.05) is 57.9 Å². The number of benzene rings is 2. The molecule has 1 N–H and O–H groups in total. The SMILES string of the molecule is CC.CC.Cc1ccc2cn[nH]c2c1.Cc1ccc2ncn(C)c2c1. The van der Waals surface area contributed by atoms with Crippen LogP contribution in [-0.4, -0.2) is 19.7 Å². The van der Waals surface area contributed by atoms with Gasteiger partial charge < -0.3 is 4.57 Å². The minimum absolute atomic E-state index is 1.07. The van der Waals surface area contributed by atoms with Crippen LogP contribution in [-0.2, 0) is 7.05 Å². The molecule has 0 aliphatic rings. The predicted octanol–water partition coefficient (Wildman–Crippen LogP) is 5.81. The van der Waals surface area contributed by atoms with Gasteiger partial charge in [-0.1, -0.05) is 45.9 Å². The van der Waals surface area contributed by atoms with Gasteiger partial charge >= 0.3 is 0 Å². The number of fused-ring (bicyclic) bond motifs is 2. The van der Waals surface area contributed by atoms with Crippen LogP contribution in [0.2, 0.25) is 0 Å². The number of hydrogen-bond donors (Lipinski definition) is 1. The second kappa shape index (κ2) is 10.3. The third kappa shape index (κ3) is 5.45. The van der Waals surface area contributed by atoms with Gasteiger partial charge in [-0.2, -0.15) is 5.10 Å². The third-order valence-corrected chi connectivity index (χ3v) is 3.48. The standard InChI is InChI=1S/C9H10N2.C8H8N2.2C2H6/c1-7-3-4-8-9(5-7)11(2)6-10-8;1-6-2-3-7-5-9-10-8(7)4-6;2*1-2/h3-6H,1-2H3;2-5H,1H3,(H,9,10);2*1-2H3. The van der Waals surface area contributed by atoms with Crippen molar-refractivity contribution in [1.29, 1.82) is 0 Å². The average Bonchev–Trinajstić information content (AvgIpc) is 3.25. The van der Waals surface area contributed by atoms with Crippen molar-refractivity contribution in [3.05, 3.63) is 60.0 Å². The number of aromatic amines is 1. The molecular weight excluding hydrogens is 308 g/mol. The fourth-order valence-corrected chi connectivity index (χ4v) is 2.29. The molecule has 0 spiro atoms. The number of nitrogens with zero attached hydrogens (tertiary/aromatic N) is 3. The zero-order valence-corrected chi connectivity index (χ0v) is 16.5. The van der Waals surface area contributed by atoms with Crippen LogP contribution < -0.4 is 0 Å². The summed E-state index contributed by atoms with van der Waals surface area (Å²) in [5.74, 6) is 0. The summed E-state index contributed by atoms with van der Waals surface area (Å²) in [6, 6.07) is 12.5. The molecular formula is C21H30N4. The highest BCUT2D eigenvalue weighted by Crippen LogP contribution is 2.12. The van der Waals surface area contributed by atoms with Crippen LogP contribution in [0.4, 0.5) is 0 Å². The molecule has 0 saturated carbocycles. The topological polar surface area (TPSA) is 46.5 Å². The van der Waals surface area contributed by atoms with Gasteiger partial charge in [0.2, 0.25) is 0 Å². The van der Waals surface area contributed by atoms with Crippen LogP contribution in [0.15, 0.2) is 48.9 Å². The molecule has 0 bridgehead atoms. The van der Waals surface area contributed by atoms with E-state index in [1.165, 1.54) is 22.0 Å². The van der Waals surface area contributed by atoms with Crippen molar-refractivity contribution in [3.63, 3.8) is 0 Å². The third-order valence-electron chi connectivity index (χ3n) is 3.48. The Balaban J connectivity index is 0.000000210. The van der Waals surface area contributed by atoms with Gasteiger partial charge in [0.25, 0.3) is 0 Å². The molecule has 0 aliphatic carbocycles. The second-order valence-electron chi connectivity index (χ2n) is 5.31. The molecule has 2 aromatic heterocycles. The molecule has 134 valence electrons. The molecule has 0 fully saturated rings. The second-order valence-corrected chi connectivity index (χ2v) is 5.31. The van der Waals surface area contributed by atoms with Crippen LogP contribution in [0.5, 0.6) is 0 Å². The first-order valence-corrected chi connectivity index (χ1v) is 8.91. The van der Waals surface area contributed by atoms with Gasteiger partial charge in [0.1, 0.15) is 0 Å². The summed E-state index contributed by atoms with van der Waals surface area (Å²) >= 11 is 0. The number of hydrogen-bond acceptors (Lipinski definition) is 2. The lowest BCUT2D eigenvalue weighted by molar-refractivity contribution is 0.947. The van der Waals surface area contributed by atoms with E-state index in [4.69, 9.17) is 0 Å². The summed E-state index contributed by atoms with van der Waals surface area (Å²) < 4.78 is 2.03. The number of aromatic nitrogens is 4. The number of nitrogens with one attached hydrogen (secondary N) is 1. The van der Waals surface area contributed by atoms with Crippen molar-refractivity contribution >= 4 is 21.9 Å². The molecule has 4 aromatic rings. The summed E-state index contributed by atoms with van der Waals surface area (Å²) in [7, 11) is 2.01. The fraction of sp³-hybridized carbons (Fsp3) is 0.333. The minimum Gasteiger partial charge on any atom is -0.334 e. The van der Waals surface area contributed by atoms with E-state index in [9.17, 15) is 0 Å². The maximum absolute atomic E-state index is 4.22. The molecule has 25 heavy (non-hydrogen) atoms. The van der Waals surface area contributed by atoms with Crippen molar-refractivity contribution in [2.45, 2.75) is 41.5 Å². The first-order chi connectivity index (χ1) is 12.1. The maximum atomic E-state index is 4.22. The highest BCUT2D eigenvalue weighted by molar-refractivity contribution is 5.78. The molecule has 4 rings (SSSR count). The van der Waals surface area contributed by atoms with Gasteiger partial charge in [0.05, 0.1) is 29.1 Å². The van der Waals surface area contributed by atoms with Gasteiger partial charge in [0.15, 0.2) is 0 Å². The van der Waals surface area contributed by atoms with E-state index in [0.29, 0.717) is 0 Å². The maximum Gasteiger partial charge on any atom is 0.0955 e. The van der Waals surface area contributed by atoms with Gasteiger partial charge in [-0.05, 0) is 43.2 Å². The van der Waals surface area contributed by atoms with Crippen LogP contribution in [0.25, 0.3) is 21.9 Å². The highest BCUT2D eigenvalue weighted by Gasteiger charge is 1.97. The lowest BCUT2D eigenvalue weighted by Gasteiger charge is -1.94. The molecule has 4 heteroatoms. The Morgan fingerprint density at radius 2 is 1.52 bits per heavy atom. The number of H-pyrrole nitrogens is 1. The molecule has 0 unspecified atom stereocenters. The van der Waals surface area contributed by atoms with Gasteiger partial charge in [-0.25, -0.2) is 4.98 Å². The first kappa shape index (κ1) is 20.4. The van der Waals surface area contributed by atoms with E-state index >= 15 is 0 Å². The van der Waals surface area contributed by atoms with E-state index in [0.717, 1.165) is 11.0 Å². The predicted molar refractivity (Wildman–Crippen MR) is 109 cm³/mol. The Labute approximate surface area is 150 Å². The molecule has 0 saturated heterocycles. The summed E-state index contributed by atoms with van der Waals surface area (Å²) in [5, 5.41) is 8.00. The smallest absolute Gasteiger partial charge is 0.0955 e. The Kier molecular flexibility index (Phi) is 8.40. The van der Waals surface area contributed by atoms with E-state index in [2.05, 4.69) is 59.4 Å². The molecule has 0 radical (unpaired) electrons. The van der Waals surface area contributed by atoms with Crippen molar-refractivity contribution in [3.8, 4) is 0 Å². The Hall–Kier alpha value is -2.62. The number of rotatable bonds is 0. The average molecular weight is 338 g/mol. The molecule has 2 heterocycles. The Morgan fingerprint density at radius 1 is 0.880 bits per heavy atom. The Bertz CT molecular complexity index is 887. The zero-order chi connectivity index (χ0) is 18.8. The zero-order valence-electron chi connectivity index (χ0n) is 16.5. The Morgan fingerprint density at radius 3 is 2.24 bits per heavy atom. The van der Waals surface area contributed by atoms with Gasteiger partial charge in [0, 0.05) is 12.4 Å². The van der Waals surface area contributed by atoms with Crippen molar-refractivity contribution in [2.75, 3.05) is 0 Å². The summed E-state index contributed by atoms with van der Waals surface area (Å²) in [4.78, 5) is 4.22. The number of imidazole rings is 1. The highest BCUT2D eigenvalue weighted by atomic mass is 15.1. The minimum atomic E-state index is 1.07. The fourth-order valence-electron chi connectivity index (χ4n) is 2.29. The summed E-state index contributed by atoms with van der Waals surface area (Å²) in [5.41, 5.74) is 5.92. The monoisotopic (exact) mass is 338 g/mol. The molecule has 0 aliphatic heterocycles. The molecule has 2 aromatic carbocycles. The molecule has 0 amide bonds. The summed E-state index contributed by atoms with van der Waals surface area (Å²) in [6.45, 7) is 12.2. The van der Waals surface area contributed by atoms with Crippen molar-refractivity contribution in [1.82, 2.24) is 19.7 Å². The lowest BCUT2D eigenvalue weighted by atomic mass is 10.2. The summed E-state index contributed by atoms with van der Waals surface area (Å²) in [6.07, 6.45) is 3.67. The number of aryl methyl sites for hydroxylation is 3. The quantitative estimate of drug-likeness (QED) is 0.440. The van der Waals surface area contributed by atoms with Crippen LogP contribution in [0, 0.1) is 13.8 Å². The van der Waals surface area contributed by atoms with E-state index in [-0.39, 0.29) is 0 Å². The first-order valence-electron chi connectivity index (χ1n) is 8.91. The lowest BCUT2D eigenvalue weighted by Crippen LogP contribution is -1.83. The van der Waals surface area contributed by atoms with Crippen molar-refractivity contribution in [2.24, 2.45) is 7.05 Å². The molecule has 4 nitrogen and oxygen atoms in total. The van der Waals surface area contributed by atoms with Crippen LogP contribution >= 0.6 is 0 Å². The van der Waals surface area contributed by atoms with Crippen LogP contribution in [0.3, 0.4) is 0 Å². The van der Waals surface area contributed by atoms with E-state index < -0.39 is 0 Å². The van der Waals surface area contributed by atoms with E-state index in [1.54, 1.807) is 0 Å². The van der Waals surface area contributed by atoms with Gasteiger partial charge in [-0.15, -0.1) is 0 Å². The van der Waals surface area contributed by atoms with Crippen LogP contribution in [0.1, 0.15) is 38.8 Å². The van der Waals surface area contributed by atoms with Crippen molar-refractivity contribution < 1.29 is 0 Å². The largest absolute Gasteiger partial charge is 0.334 e.